The van der Waals surface area contributed by atoms with Gasteiger partial charge in [-0.2, -0.15) is 0 Å². The van der Waals surface area contributed by atoms with Crippen molar-refractivity contribution in [1.82, 2.24) is 15.1 Å². The zero-order chi connectivity index (χ0) is 11.4. The van der Waals surface area contributed by atoms with Gasteiger partial charge in [0.05, 0.1) is 0 Å². The Bertz CT molecular complexity index is 195. The van der Waals surface area contributed by atoms with Gasteiger partial charge < -0.3 is 10.2 Å². The molecule has 1 unspecified atom stereocenters. The summed E-state index contributed by atoms with van der Waals surface area (Å²) in [6.07, 6.45) is 4.16. The quantitative estimate of drug-likeness (QED) is 0.728. The average Bonchev–Trinajstić information content (AvgIpc) is 3.11. The van der Waals surface area contributed by atoms with E-state index < -0.39 is 0 Å². The van der Waals surface area contributed by atoms with E-state index in [1.807, 2.05) is 0 Å². The fourth-order valence-corrected chi connectivity index (χ4v) is 2.52. The van der Waals surface area contributed by atoms with Crippen LogP contribution in [0.25, 0.3) is 0 Å². The number of hydrogen-bond acceptors (Lipinski definition) is 3. The number of rotatable bonds is 6. The van der Waals surface area contributed by atoms with Crippen molar-refractivity contribution in [3.8, 4) is 0 Å². The molecular formula is C13H27N3. The minimum atomic E-state index is 0.767. The maximum absolute atomic E-state index is 3.73. The molecule has 2 fully saturated rings. The molecule has 0 aromatic rings. The molecule has 0 aromatic carbocycles. The Balaban J connectivity index is 1.72. The molecule has 3 heteroatoms. The lowest BCUT2D eigenvalue weighted by Crippen LogP contribution is -2.50. The van der Waals surface area contributed by atoms with E-state index in [1.165, 1.54) is 58.5 Å². The third kappa shape index (κ3) is 3.72. The molecule has 0 bridgehead atoms. The van der Waals surface area contributed by atoms with Crippen LogP contribution in [0.1, 0.15) is 26.2 Å². The minimum absolute atomic E-state index is 0.767. The molecule has 16 heavy (non-hydrogen) atoms. The van der Waals surface area contributed by atoms with Crippen molar-refractivity contribution in [3.63, 3.8) is 0 Å². The van der Waals surface area contributed by atoms with Gasteiger partial charge in [0.25, 0.3) is 0 Å². The number of likely N-dealkylation sites (N-methyl/N-ethyl adjacent to an activating group) is 1. The molecule has 2 rings (SSSR count). The Morgan fingerprint density at radius 2 is 1.88 bits per heavy atom. The van der Waals surface area contributed by atoms with Crippen molar-refractivity contribution in [3.05, 3.63) is 0 Å². The number of hydrogen-bond donors (Lipinski definition) is 1. The standard InChI is InChI=1S/C13H27N3/c1-3-6-14-13(12-4-5-12)11-16-9-7-15(2)8-10-16/h12-14H,3-11H2,1-2H3. The molecule has 0 spiro atoms. The summed E-state index contributed by atoms with van der Waals surface area (Å²) in [6, 6.07) is 0.767. The molecule has 0 aromatic heterocycles. The summed E-state index contributed by atoms with van der Waals surface area (Å²) in [5.41, 5.74) is 0. The Hall–Kier alpha value is -0.120. The zero-order valence-electron chi connectivity index (χ0n) is 10.9. The highest BCUT2D eigenvalue weighted by molar-refractivity contribution is 4.89. The van der Waals surface area contributed by atoms with E-state index in [1.54, 1.807) is 0 Å². The van der Waals surface area contributed by atoms with E-state index in [-0.39, 0.29) is 0 Å². The maximum atomic E-state index is 3.73. The number of nitrogens with one attached hydrogen (secondary N) is 1. The first-order valence-corrected chi connectivity index (χ1v) is 6.94. The molecular weight excluding hydrogens is 198 g/mol. The summed E-state index contributed by atoms with van der Waals surface area (Å²) in [7, 11) is 2.23. The van der Waals surface area contributed by atoms with Gasteiger partial charge in [-0.1, -0.05) is 6.92 Å². The van der Waals surface area contributed by atoms with Crippen LogP contribution in [-0.2, 0) is 0 Å². The first kappa shape index (κ1) is 12.3. The lowest BCUT2D eigenvalue weighted by atomic mass is 10.1. The molecule has 0 radical (unpaired) electrons. The Morgan fingerprint density at radius 1 is 1.19 bits per heavy atom. The summed E-state index contributed by atoms with van der Waals surface area (Å²) in [4.78, 5) is 5.08. The summed E-state index contributed by atoms with van der Waals surface area (Å²) in [5, 5.41) is 3.73. The van der Waals surface area contributed by atoms with E-state index in [0.29, 0.717) is 0 Å². The molecule has 2 aliphatic rings. The Morgan fingerprint density at radius 3 is 2.44 bits per heavy atom. The van der Waals surface area contributed by atoms with Gasteiger partial charge in [0.15, 0.2) is 0 Å². The van der Waals surface area contributed by atoms with Crippen molar-refractivity contribution in [2.75, 3.05) is 46.3 Å². The fourth-order valence-electron chi connectivity index (χ4n) is 2.52. The van der Waals surface area contributed by atoms with E-state index in [0.717, 1.165) is 12.0 Å². The normalized spacial score (nSPS) is 25.9. The van der Waals surface area contributed by atoms with Gasteiger partial charge in [0, 0.05) is 38.8 Å². The van der Waals surface area contributed by atoms with Crippen molar-refractivity contribution in [2.24, 2.45) is 5.92 Å². The van der Waals surface area contributed by atoms with Crippen LogP contribution in [0.15, 0.2) is 0 Å². The van der Waals surface area contributed by atoms with Crippen LogP contribution in [-0.4, -0.2) is 62.2 Å². The third-order valence-corrected chi connectivity index (χ3v) is 3.90. The van der Waals surface area contributed by atoms with Gasteiger partial charge in [-0.3, -0.25) is 4.90 Å². The third-order valence-electron chi connectivity index (χ3n) is 3.90. The van der Waals surface area contributed by atoms with Crippen LogP contribution < -0.4 is 5.32 Å². The molecule has 1 heterocycles. The van der Waals surface area contributed by atoms with Gasteiger partial charge in [0.1, 0.15) is 0 Å². The summed E-state index contributed by atoms with van der Waals surface area (Å²) < 4.78 is 0. The van der Waals surface area contributed by atoms with Gasteiger partial charge in [-0.25, -0.2) is 0 Å². The first-order valence-electron chi connectivity index (χ1n) is 6.94. The lowest BCUT2D eigenvalue weighted by Gasteiger charge is -2.35. The molecule has 3 nitrogen and oxygen atoms in total. The van der Waals surface area contributed by atoms with E-state index in [4.69, 9.17) is 0 Å². The van der Waals surface area contributed by atoms with E-state index in [9.17, 15) is 0 Å². The van der Waals surface area contributed by atoms with Crippen molar-refractivity contribution >= 4 is 0 Å². The van der Waals surface area contributed by atoms with Gasteiger partial charge in [0.2, 0.25) is 0 Å². The van der Waals surface area contributed by atoms with Crippen LogP contribution in [0.2, 0.25) is 0 Å². The fraction of sp³-hybridized carbons (Fsp3) is 1.00. The second-order valence-corrected chi connectivity index (χ2v) is 5.50. The van der Waals surface area contributed by atoms with Crippen LogP contribution >= 0.6 is 0 Å². The monoisotopic (exact) mass is 225 g/mol. The maximum Gasteiger partial charge on any atom is 0.0223 e. The molecule has 1 saturated carbocycles. The molecule has 1 atom stereocenters. The predicted octanol–water partition coefficient (Wildman–Crippen LogP) is 1.01. The largest absolute Gasteiger partial charge is 0.312 e. The van der Waals surface area contributed by atoms with Crippen LogP contribution in [0.4, 0.5) is 0 Å². The highest BCUT2D eigenvalue weighted by atomic mass is 15.3. The lowest BCUT2D eigenvalue weighted by molar-refractivity contribution is 0.138. The second kappa shape index (κ2) is 5.99. The molecule has 1 saturated heterocycles. The molecule has 1 N–H and O–H groups in total. The summed E-state index contributed by atoms with van der Waals surface area (Å²) in [5.74, 6) is 0.978. The summed E-state index contributed by atoms with van der Waals surface area (Å²) >= 11 is 0. The number of piperazine rings is 1. The van der Waals surface area contributed by atoms with Gasteiger partial charge in [-0.05, 0) is 38.8 Å². The van der Waals surface area contributed by atoms with Crippen molar-refractivity contribution in [1.29, 1.82) is 0 Å². The Labute approximate surface area is 100 Å². The van der Waals surface area contributed by atoms with Crippen LogP contribution in [0.5, 0.6) is 0 Å². The minimum Gasteiger partial charge on any atom is -0.312 e. The van der Waals surface area contributed by atoms with Gasteiger partial charge in [-0.15, -0.1) is 0 Å². The smallest absolute Gasteiger partial charge is 0.0223 e. The van der Waals surface area contributed by atoms with Gasteiger partial charge >= 0.3 is 0 Å². The number of nitrogens with zero attached hydrogens (tertiary/aromatic N) is 2. The SMILES string of the molecule is CCCNC(CN1CCN(C)CC1)C1CC1. The van der Waals surface area contributed by atoms with Crippen molar-refractivity contribution < 1.29 is 0 Å². The van der Waals surface area contributed by atoms with Crippen molar-refractivity contribution in [2.45, 2.75) is 32.2 Å². The Kier molecular flexibility index (Phi) is 4.62. The van der Waals surface area contributed by atoms with E-state index in [2.05, 4.69) is 29.1 Å². The highest BCUT2D eigenvalue weighted by Crippen LogP contribution is 2.33. The first-order chi connectivity index (χ1) is 7.79. The predicted molar refractivity (Wildman–Crippen MR) is 68.7 cm³/mol. The molecule has 94 valence electrons. The second-order valence-electron chi connectivity index (χ2n) is 5.50. The van der Waals surface area contributed by atoms with E-state index >= 15 is 0 Å². The molecule has 1 aliphatic heterocycles. The van der Waals surface area contributed by atoms with Crippen LogP contribution in [0.3, 0.4) is 0 Å². The molecule has 0 amide bonds. The zero-order valence-corrected chi connectivity index (χ0v) is 10.9. The topological polar surface area (TPSA) is 18.5 Å². The molecule has 1 aliphatic carbocycles. The summed E-state index contributed by atoms with van der Waals surface area (Å²) in [6.45, 7) is 9.72. The van der Waals surface area contributed by atoms with Crippen LogP contribution in [0, 0.1) is 5.92 Å². The highest BCUT2D eigenvalue weighted by Gasteiger charge is 2.32. The average molecular weight is 225 g/mol.